The lowest BCUT2D eigenvalue weighted by atomic mass is 9.88. The molecule has 1 N–H and O–H groups in total. The van der Waals surface area contributed by atoms with E-state index in [1.807, 2.05) is 12.1 Å². The third-order valence-corrected chi connectivity index (χ3v) is 5.70. The first-order chi connectivity index (χ1) is 16.0. The molecule has 4 rings (SSSR count). The maximum absolute atomic E-state index is 13.4. The topological polar surface area (TPSA) is 85.3 Å². The average molecular weight is 447 g/mol. The van der Waals surface area contributed by atoms with Gasteiger partial charge in [-0.3, -0.25) is 9.59 Å². The van der Waals surface area contributed by atoms with Crippen LogP contribution in [0, 0.1) is 0 Å². The van der Waals surface area contributed by atoms with Gasteiger partial charge in [-0.25, -0.2) is 0 Å². The number of aliphatic hydroxyl groups is 1. The fourth-order valence-corrected chi connectivity index (χ4v) is 4.09. The van der Waals surface area contributed by atoms with E-state index in [2.05, 4.69) is 0 Å². The summed E-state index contributed by atoms with van der Waals surface area (Å²) < 4.78 is 16.4. The first kappa shape index (κ1) is 22.4. The maximum Gasteiger partial charge on any atom is 0.264 e. The van der Waals surface area contributed by atoms with Gasteiger partial charge in [-0.05, 0) is 30.3 Å². The lowest BCUT2D eigenvalue weighted by Gasteiger charge is -2.23. The van der Waals surface area contributed by atoms with Crippen molar-refractivity contribution in [1.29, 1.82) is 0 Å². The summed E-state index contributed by atoms with van der Waals surface area (Å²) in [5.41, 5.74) is -0.701. The number of rotatable bonds is 9. The molecule has 0 saturated heterocycles. The van der Waals surface area contributed by atoms with Crippen molar-refractivity contribution in [2.24, 2.45) is 0 Å². The smallest absolute Gasteiger partial charge is 0.264 e. The van der Waals surface area contributed by atoms with Crippen molar-refractivity contribution in [3.05, 3.63) is 83.9 Å². The highest BCUT2D eigenvalue weighted by Gasteiger charge is 2.50. The number of ether oxygens (including phenoxy) is 3. The number of nitrogens with zero attached hydrogens (tertiary/aromatic N) is 1. The van der Waals surface area contributed by atoms with E-state index in [1.165, 1.54) is 12.0 Å². The van der Waals surface area contributed by atoms with Crippen LogP contribution in [0.4, 0.5) is 5.69 Å². The van der Waals surface area contributed by atoms with Crippen LogP contribution in [0.3, 0.4) is 0 Å². The van der Waals surface area contributed by atoms with Crippen LogP contribution in [0.2, 0.25) is 0 Å². The Morgan fingerprint density at radius 1 is 0.879 bits per heavy atom. The number of ketones is 1. The monoisotopic (exact) mass is 447 g/mol. The minimum atomic E-state index is -1.97. The minimum Gasteiger partial charge on any atom is -0.496 e. The van der Waals surface area contributed by atoms with Gasteiger partial charge in [0.25, 0.3) is 5.91 Å². The molecule has 7 heteroatoms. The number of hydrogen-bond donors (Lipinski definition) is 1. The number of hydrogen-bond acceptors (Lipinski definition) is 6. The van der Waals surface area contributed by atoms with Gasteiger partial charge in [-0.1, -0.05) is 42.5 Å². The lowest BCUT2D eigenvalue weighted by molar-refractivity contribution is -0.135. The Kier molecular flexibility index (Phi) is 6.33. The van der Waals surface area contributed by atoms with Crippen molar-refractivity contribution in [3.63, 3.8) is 0 Å². The second-order valence-electron chi connectivity index (χ2n) is 7.63. The lowest BCUT2D eigenvalue weighted by Crippen LogP contribution is -2.43. The molecule has 0 radical (unpaired) electrons. The Morgan fingerprint density at radius 3 is 2.21 bits per heavy atom. The SMILES string of the molecule is COc1ccccc1OCCN1C(=O)[C@](O)(CC(=O)c2ccccc2OC)c2ccccc21. The number of carbonyl (C=O) groups is 2. The number of carbonyl (C=O) groups excluding carboxylic acids is 2. The summed E-state index contributed by atoms with van der Waals surface area (Å²) in [5.74, 6) is 0.596. The van der Waals surface area contributed by atoms with Gasteiger partial charge in [0.1, 0.15) is 12.4 Å². The van der Waals surface area contributed by atoms with E-state index in [9.17, 15) is 14.7 Å². The molecule has 0 bridgehead atoms. The fourth-order valence-electron chi connectivity index (χ4n) is 4.09. The quantitative estimate of drug-likeness (QED) is 0.505. The zero-order chi connectivity index (χ0) is 23.4. The highest BCUT2D eigenvalue weighted by Crippen LogP contribution is 2.43. The van der Waals surface area contributed by atoms with Gasteiger partial charge >= 0.3 is 0 Å². The van der Waals surface area contributed by atoms with Crippen molar-refractivity contribution in [3.8, 4) is 17.2 Å². The molecule has 1 heterocycles. The zero-order valence-corrected chi connectivity index (χ0v) is 18.5. The number of Topliss-reactive ketones (excluding diaryl/α,β-unsaturated/α-hetero) is 1. The van der Waals surface area contributed by atoms with E-state index in [0.29, 0.717) is 34.1 Å². The second kappa shape index (κ2) is 9.34. The molecule has 3 aromatic carbocycles. The highest BCUT2D eigenvalue weighted by atomic mass is 16.5. The molecule has 7 nitrogen and oxygen atoms in total. The van der Waals surface area contributed by atoms with Crippen molar-refractivity contribution in [2.75, 3.05) is 32.3 Å². The molecule has 1 aliphatic heterocycles. The van der Waals surface area contributed by atoms with Crippen LogP contribution in [0.25, 0.3) is 0 Å². The Balaban J connectivity index is 1.55. The molecule has 0 saturated carbocycles. The van der Waals surface area contributed by atoms with Crippen molar-refractivity contribution >= 4 is 17.4 Å². The van der Waals surface area contributed by atoms with Crippen LogP contribution in [-0.2, 0) is 10.4 Å². The van der Waals surface area contributed by atoms with Crippen LogP contribution in [0.15, 0.2) is 72.8 Å². The predicted octanol–water partition coefficient (Wildman–Crippen LogP) is 3.59. The normalized spacial score (nSPS) is 16.9. The second-order valence-corrected chi connectivity index (χ2v) is 7.63. The Hall–Kier alpha value is -3.84. The van der Waals surface area contributed by atoms with Gasteiger partial charge in [0.05, 0.1) is 38.4 Å². The molecule has 33 heavy (non-hydrogen) atoms. The van der Waals surface area contributed by atoms with Crippen molar-refractivity contribution in [2.45, 2.75) is 12.0 Å². The molecular formula is C26H25NO6. The van der Waals surface area contributed by atoms with Crippen molar-refractivity contribution < 1.29 is 28.9 Å². The van der Waals surface area contributed by atoms with Crippen LogP contribution in [0.1, 0.15) is 22.3 Å². The number of anilines is 1. The number of fused-ring (bicyclic) bond motifs is 1. The number of amides is 1. The van der Waals surface area contributed by atoms with Gasteiger partial charge in [-0.2, -0.15) is 0 Å². The Labute approximate surface area is 192 Å². The third-order valence-electron chi connectivity index (χ3n) is 5.70. The first-order valence-electron chi connectivity index (χ1n) is 10.6. The number of para-hydroxylation sites is 4. The fraction of sp³-hybridized carbons (Fsp3) is 0.231. The number of benzene rings is 3. The Bertz CT molecular complexity index is 1180. The van der Waals surface area contributed by atoms with Crippen LogP contribution in [-0.4, -0.2) is 44.2 Å². The predicted molar refractivity (Wildman–Crippen MR) is 123 cm³/mol. The summed E-state index contributed by atoms with van der Waals surface area (Å²) >= 11 is 0. The number of methoxy groups -OCH3 is 2. The molecular weight excluding hydrogens is 422 g/mol. The van der Waals surface area contributed by atoms with Gasteiger partial charge < -0.3 is 24.2 Å². The summed E-state index contributed by atoms with van der Waals surface area (Å²) in [4.78, 5) is 27.9. The van der Waals surface area contributed by atoms with Crippen molar-refractivity contribution in [1.82, 2.24) is 0 Å². The third kappa shape index (κ3) is 4.15. The molecule has 0 fully saturated rings. The summed E-state index contributed by atoms with van der Waals surface area (Å²) in [5, 5.41) is 11.5. The molecule has 0 unspecified atom stereocenters. The average Bonchev–Trinajstić information content (AvgIpc) is 3.06. The molecule has 1 amide bonds. The standard InChI is InChI=1S/C26H25NO6/c1-31-22-12-6-3-9-18(22)21(28)17-26(30)19-10-4-5-11-20(19)27(25(26)29)15-16-33-24-14-8-7-13-23(24)32-2/h3-14,30H,15-17H2,1-2H3/t26-/m0/s1. The maximum atomic E-state index is 13.4. The van der Waals surface area contributed by atoms with Gasteiger partial charge in [-0.15, -0.1) is 0 Å². The van der Waals surface area contributed by atoms with Crippen LogP contribution < -0.4 is 19.1 Å². The molecule has 0 aliphatic carbocycles. The summed E-state index contributed by atoms with van der Waals surface area (Å²) in [6.07, 6.45) is -0.396. The van der Waals surface area contributed by atoms with E-state index in [0.717, 1.165) is 0 Å². The summed E-state index contributed by atoms with van der Waals surface area (Å²) in [6, 6.07) is 20.9. The van der Waals surface area contributed by atoms with E-state index < -0.39 is 17.9 Å². The van der Waals surface area contributed by atoms with Crippen LogP contribution >= 0.6 is 0 Å². The molecule has 170 valence electrons. The van der Waals surface area contributed by atoms with E-state index >= 15 is 0 Å². The summed E-state index contributed by atoms with van der Waals surface area (Å²) in [6.45, 7) is 0.371. The highest BCUT2D eigenvalue weighted by molar-refractivity contribution is 6.11. The molecule has 0 aromatic heterocycles. The van der Waals surface area contributed by atoms with E-state index in [-0.39, 0.29) is 18.9 Å². The van der Waals surface area contributed by atoms with E-state index in [1.54, 1.807) is 67.8 Å². The largest absolute Gasteiger partial charge is 0.496 e. The first-order valence-corrected chi connectivity index (χ1v) is 10.6. The molecule has 1 atom stereocenters. The van der Waals surface area contributed by atoms with Gasteiger partial charge in [0.15, 0.2) is 22.9 Å². The van der Waals surface area contributed by atoms with Crippen LogP contribution in [0.5, 0.6) is 17.2 Å². The molecule has 1 aliphatic rings. The minimum absolute atomic E-state index is 0.178. The summed E-state index contributed by atoms with van der Waals surface area (Å²) in [7, 11) is 3.03. The van der Waals surface area contributed by atoms with E-state index in [4.69, 9.17) is 14.2 Å². The Morgan fingerprint density at radius 2 is 1.48 bits per heavy atom. The van der Waals surface area contributed by atoms with Gasteiger partial charge in [0.2, 0.25) is 0 Å². The molecule has 3 aromatic rings. The molecule has 0 spiro atoms. The van der Waals surface area contributed by atoms with Gasteiger partial charge in [0, 0.05) is 5.56 Å². The zero-order valence-electron chi connectivity index (χ0n) is 18.5.